The second kappa shape index (κ2) is 5.99. The van der Waals surface area contributed by atoms with Gasteiger partial charge in [-0.05, 0) is 17.9 Å². The van der Waals surface area contributed by atoms with Crippen LogP contribution in [-0.4, -0.2) is 5.78 Å². The average Bonchev–Trinajstić information content (AvgIpc) is 1.99. The smallest absolute Gasteiger partial charge is 0.155 e. The molecule has 1 nitrogen and oxygen atoms in total. The second-order valence-corrected chi connectivity index (χ2v) is 3.81. The molecular formula is C11H20O. The Morgan fingerprint density at radius 1 is 1.33 bits per heavy atom. The molecule has 0 saturated heterocycles. The van der Waals surface area contributed by atoms with Gasteiger partial charge in [-0.15, -0.1) is 0 Å². The SMILES string of the molecule is CCC(C)C=CC(=O)CC(C)C. The van der Waals surface area contributed by atoms with Gasteiger partial charge in [0.05, 0.1) is 0 Å². The molecule has 12 heavy (non-hydrogen) atoms. The normalized spacial score (nSPS) is 14.1. The van der Waals surface area contributed by atoms with Gasteiger partial charge in [0.25, 0.3) is 0 Å². The molecule has 0 aliphatic carbocycles. The summed E-state index contributed by atoms with van der Waals surface area (Å²) >= 11 is 0. The lowest BCUT2D eigenvalue weighted by atomic mass is 10.0. The Kier molecular flexibility index (Phi) is 5.69. The van der Waals surface area contributed by atoms with Gasteiger partial charge in [0.2, 0.25) is 0 Å². The molecule has 0 spiro atoms. The molecule has 0 N–H and O–H groups in total. The lowest BCUT2D eigenvalue weighted by Crippen LogP contribution is -1.99. The van der Waals surface area contributed by atoms with Crippen molar-refractivity contribution in [3.8, 4) is 0 Å². The van der Waals surface area contributed by atoms with Gasteiger partial charge in [-0.1, -0.05) is 40.2 Å². The summed E-state index contributed by atoms with van der Waals surface area (Å²) in [5.74, 6) is 1.26. The highest BCUT2D eigenvalue weighted by atomic mass is 16.1. The maximum Gasteiger partial charge on any atom is 0.155 e. The van der Waals surface area contributed by atoms with E-state index >= 15 is 0 Å². The lowest BCUT2D eigenvalue weighted by Gasteiger charge is -2.01. The van der Waals surface area contributed by atoms with E-state index in [1.807, 2.05) is 6.08 Å². The summed E-state index contributed by atoms with van der Waals surface area (Å²) < 4.78 is 0. The standard InChI is InChI=1S/C11H20O/c1-5-10(4)6-7-11(12)8-9(2)3/h6-7,9-10H,5,8H2,1-4H3. The Hall–Kier alpha value is -0.590. The van der Waals surface area contributed by atoms with Gasteiger partial charge in [0.15, 0.2) is 5.78 Å². The Labute approximate surface area is 75.9 Å². The molecule has 0 saturated carbocycles. The van der Waals surface area contributed by atoms with E-state index in [2.05, 4.69) is 27.7 Å². The predicted molar refractivity (Wildman–Crippen MR) is 53.1 cm³/mol. The third-order valence-corrected chi connectivity index (χ3v) is 1.86. The van der Waals surface area contributed by atoms with Crippen molar-refractivity contribution in [2.24, 2.45) is 11.8 Å². The van der Waals surface area contributed by atoms with E-state index < -0.39 is 0 Å². The summed E-state index contributed by atoms with van der Waals surface area (Å²) in [6, 6.07) is 0. The Balaban J connectivity index is 3.75. The Morgan fingerprint density at radius 2 is 1.92 bits per heavy atom. The number of carbonyl (C=O) groups excluding carboxylic acids is 1. The molecule has 0 radical (unpaired) electrons. The number of allylic oxidation sites excluding steroid dienone is 2. The van der Waals surface area contributed by atoms with Gasteiger partial charge >= 0.3 is 0 Å². The van der Waals surface area contributed by atoms with Crippen LogP contribution in [0.15, 0.2) is 12.2 Å². The largest absolute Gasteiger partial charge is 0.295 e. The first-order valence-electron chi connectivity index (χ1n) is 4.77. The van der Waals surface area contributed by atoms with Crippen molar-refractivity contribution in [2.45, 2.75) is 40.5 Å². The van der Waals surface area contributed by atoms with Crippen LogP contribution < -0.4 is 0 Å². The molecule has 0 aromatic carbocycles. The molecule has 0 heterocycles. The summed E-state index contributed by atoms with van der Waals surface area (Å²) in [4.78, 5) is 11.2. The zero-order valence-corrected chi connectivity index (χ0v) is 8.63. The van der Waals surface area contributed by atoms with Crippen LogP contribution in [0.3, 0.4) is 0 Å². The van der Waals surface area contributed by atoms with Crippen LogP contribution in [0.2, 0.25) is 0 Å². The number of carbonyl (C=O) groups is 1. The third-order valence-electron chi connectivity index (χ3n) is 1.86. The molecule has 1 heteroatoms. The number of hydrogen-bond donors (Lipinski definition) is 0. The first kappa shape index (κ1) is 11.4. The quantitative estimate of drug-likeness (QED) is 0.576. The van der Waals surface area contributed by atoms with Crippen LogP contribution in [-0.2, 0) is 4.79 Å². The van der Waals surface area contributed by atoms with E-state index in [1.165, 1.54) is 0 Å². The monoisotopic (exact) mass is 168 g/mol. The lowest BCUT2D eigenvalue weighted by molar-refractivity contribution is -0.115. The molecular weight excluding hydrogens is 148 g/mol. The van der Waals surface area contributed by atoms with E-state index in [0.717, 1.165) is 6.42 Å². The Bertz CT molecular complexity index is 156. The second-order valence-electron chi connectivity index (χ2n) is 3.81. The summed E-state index contributed by atoms with van der Waals surface area (Å²) in [5, 5.41) is 0. The minimum absolute atomic E-state index is 0.255. The molecule has 0 aromatic rings. The summed E-state index contributed by atoms with van der Waals surface area (Å²) in [6.07, 6.45) is 5.51. The fourth-order valence-corrected chi connectivity index (χ4v) is 0.878. The summed E-state index contributed by atoms with van der Waals surface area (Å²) in [5.41, 5.74) is 0. The van der Waals surface area contributed by atoms with Crippen LogP contribution in [0.1, 0.15) is 40.5 Å². The summed E-state index contributed by atoms with van der Waals surface area (Å²) in [6.45, 7) is 8.38. The maximum absolute atomic E-state index is 11.2. The molecule has 0 aliphatic rings. The zero-order valence-electron chi connectivity index (χ0n) is 8.63. The van der Waals surface area contributed by atoms with E-state index in [1.54, 1.807) is 6.08 Å². The average molecular weight is 168 g/mol. The minimum atomic E-state index is 0.255. The summed E-state index contributed by atoms with van der Waals surface area (Å²) in [7, 11) is 0. The molecule has 0 fully saturated rings. The van der Waals surface area contributed by atoms with Crippen molar-refractivity contribution in [1.29, 1.82) is 0 Å². The topological polar surface area (TPSA) is 17.1 Å². The van der Waals surface area contributed by atoms with E-state index in [4.69, 9.17) is 0 Å². The molecule has 1 atom stereocenters. The van der Waals surface area contributed by atoms with Crippen molar-refractivity contribution < 1.29 is 4.79 Å². The minimum Gasteiger partial charge on any atom is -0.295 e. The van der Waals surface area contributed by atoms with Crippen molar-refractivity contribution in [1.82, 2.24) is 0 Å². The van der Waals surface area contributed by atoms with Crippen LogP contribution in [0.25, 0.3) is 0 Å². The van der Waals surface area contributed by atoms with Gasteiger partial charge in [-0.3, -0.25) is 4.79 Å². The van der Waals surface area contributed by atoms with Gasteiger partial charge in [0.1, 0.15) is 0 Å². The van der Waals surface area contributed by atoms with E-state index in [-0.39, 0.29) is 5.78 Å². The number of hydrogen-bond acceptors (Lipinski definition) is 1. The van der Waals surface area contributed by atoms with E-state index in [9.17, 15) is 4.79 Å². The molecule has 0 aromatic heterocycles. The van der Waals surface area contributed by atoms with Gasteiger partial charge < -0.3 is 0 Å². The van der Waals surface area contributed by atoms with Crippen LogP contribution in [0, 0.1) is 11.8 Å². The van der Waals surface area contributed by atoms with Crippen molar-refractivity contribution >= 4 is 5.78 Å². The fraction of sp³-hybridized carbons (Fsp3) is 0.727. The van der Waals surface area contributed by atoms with Crippen molar-refractivity contribution in [3.63, 3.8) is 0 Å². The zero-order chi connectivity index (χ0) is 9.56. The molecule has 0 rings (SSSR count). The highest BCUT2D eigenvalue weighted by molar-refractivity contribution is 5.89. The molecule has 70 valence electrons. The van der Waals surface area contributed by atoms with Gasteiger partial charge in [0, 0.05) is 6.42 Å². The Morgan fingerprint density at radius 3 is 2.33 bits per heavy atom. The molecule has 0 bridgehead atoms. The highest BCUT2D eigenvalue weighted by Gasteiger charge is 2.00. The van der Waals surface area contributed by atoms with Crippen molar-refractivity contribution in [3.05, 3.63) is 12.2 Å². The van der Waals surface area contributed by atoms with Crippen LogP contribution in [0.4, 0.5) is 0 Å². The van der Waals surface area contributed by atoms with Crippen molar-refractivity contribution in [2.75, 3.05) is 0 Å². The first-order valence-corrected chi connectivity index (χ1v) is 4.77. The predicted octanol–water partition coefficient (Wildman–Crippen LogP) is 3.20. The fourth-order valence-electron chi connectivity index (χ4n) is 0.878. The molecule has 1 unspecified atom stereocenters. The van der Waals surface area contributed by atoms with Crippen LogP contribution >= 0.6 is 0 Å². The maximum atomic E-state index is 11.2. The van der Waals surface area contributed by atoms with Crippen LogP contribution in [0.5, 0.6) is 0 Å². The van der Waals surface area contributed by atoms with Gasteiger partial charge in [-0.2, -0.15) is 0 Å². The molecule has 0 aliphatic heterocycles. The number of ketones is 1. The molecule has 0 amide bonds. The third kappa shape index (κ3) is 6.14. The first-order chi connectivity index (χ1) is 5.56. The van der Waals surface area contributed by atoms with Gasteiger partial charge in [-0.25, -0.2) is 0 Å². The number of rotatable bonds is 5. The highest BCUT2D eigenvalue weighted by Crippen LogP contribution is 2.05. The van der Waals surface area contributed by atoms with E-state index in [0.29, 0.717) is 18.3 Å².